The minimum atomic E-state index is -0.164. The van der Waals surface area contributed by atoms with Gasteiger partial charge >= 0.3 is 0 Å². The average Bonchev–Trinajstić information content (AvgIpc) is 3.10. The fourth-order valence-electron chi connectivity index (χ4n) is 2.46. The first kappa shape index (κ1) is 14.5. The van der Waals surface area contributed by atoms with E-state index < -0.39 is 0 Å². The van der Waals surface area contributed by atoms with Crippen LogP contribution in [0.3, 0.4) is 0 Å². The molecule has 2 aromatic carbocycles. The third-order valence-corrected chi connectivity index (χ3v) is 4.42. The van der Waals surface area contributed by atoms with E-state index in [0.717, 1.165) is 22.2 Å². The molecule has 1 N–H and O–H groups in total. The molecule has 0 aliphatic heterocycles. The molecule has 0 atom stereocenters. The van der Waals surface area contributed by atoms with Gasteiger partial charge in [-0.05, 0) is 35.0 Å². The zero-order chi connectivity index (χ0) is 16.4. The highest BCUT2D eigenvalue weighted by Crippen LogP contribution is 2.24. The van der Waals surface area contributed by atoms with Gasteiger partial charge in [-0.3, -0.25) is 15.1 Å². The molecule has 5 heteroatoms. The Bertz CT molecular complexity index is 1010. The Morgan fingerprint density at radius 2 is 1.75 bits per heavy atom. The molecule has 116 valence electrons. The van der Waals surface area contributed by atoms with E-state index in [1.165, 1.54) is 11.3 Å². The zero-order valence-electron chi connectivity index (χ0n) is 12.6. The topological polar surface area (TPSA) is 54.9 Å². The minimum absolute atomic E-state index is 0.164. The summed E-state index contributed by atoms with van der Waals surface area (Å²) in [7, 11) is 0. The molecule has 0 saturated heterocycles. The second-order valence-corrected chi connectivity index (χ2v) is 6.13. The number of carbonyl (C=O) groups excluding carboxylic acids is 1. The fourth-order valence-corrected chi connectivity index (χ4v) is 3.16. The number of anilines is 1. The van der Waals surface area contributed by atoms with Crippen molar-refractivity contribution < 1.29 is 4.79 Å². The van der Waals surface area contributed by atoms with Crippen LogP contribution >= 0.6 is 11.3 Å². The number of nitrogens with zero attached hydrogens (tertiary/aromatic N) is 2. The zero-order valence-corrected chi connectivity index (χ0v) is 13.5. The molecule has 4 aromatic rings. The highest BCUT2D eigenvalue weighted by Gasteiger charge is 2.11. The van der Waals surface area contributed by atoms with Crippen molar-refractivity contribution in [2.24, 2.45) is 0 Å². The van der Waals surface area contributed by atoms with Gasteiger partial charge < -0.3 is 0 Å². The van der Waals surface area contributed by atoms with Gasteiger partial charge in [0.15, 0.2) is 5.13 Å². The molecule has 1 amide bonds. The number of rotatable bonds is 3. The highest BCUT2D eigenvalue weighted by atomic mass is 32.1. The van der Waals surface area contributed by atoms with Crippen molar-refractivity contribution in [3.05, 3.63) is 77.8 Å². The van der Waals surface area contributed by atoms with Crippen LogP contribution < -0.4 is 5.32 Å². The van der Waals surface area contributed by atoms with E-state index in [1.807, 2.05) is 66.0 Å². The van der Waals surface area contributed by atoms with E-state index in [-0.39, 0.29) is 5.91 Å². The summed E-state index contributed by atoms with van der Waals surface area (Å²) < 4.78 is 0. The van der Waals surface area contributed by atoms with Crippen LogP contribution in [-0.2, 0) is 0 Å². The molecule has 0 aliphatic carbocycles. The standard InChI is InChI=1S/C19H13N3OS/c23-18(15-9-8-13-5-1-2-6-14(13)11-15)22-19-21-17(12-24-19)16-7-3-4-10-20-16/h1-12H,(H,21,22,23). The molecular formula is C19H13N3OS. The lowest BCUT2D eigenvalue weighted by Crippen LogP contribution is -2.11. The maximum atomic E-state index is 12.4. The van der Waals surface area contributed by atoms with Gasteiger partial charge in [-0.2, -0.15) is 0 Å². The second kappa shape index (κ2) is 6.22. The van der Waals surface area contributed by atoms with E-state index in [9.17, 15) is 4.79 Å². The summed E-state index contributed by atoms with van der Waals surface area (Å²) in [6, 6.07) is 19.3. The summed E-state index contributed by atoms with van der Waals surface area (Å²) in [4.78, 5) is 21.1. The number of nitrogens with one attached hydrogen (secondary N) is 1. The van der Waals surface area contributed by atoms with Crippen LogP contribution in [0.1, 0.15) is 10.4 Å². The number of benzene rings is 2. The number of fused-ring (bicyclic) bond motifs is 1. The number of aromatic nitrogens is 2. The summed E-state index contributed by atoms with van der Waals surface area (Å²) in [5.74, 6) is -0.164. The Morgan fingerprint density at radius 3 is 2.58 bits per heavy atom. The van der Waals surface area contributed by atoms with Crippen LogP contribution in [0.15, 0.2) is 72.2 Å². The lowest BCUT2D eigenvalue weighted by molar-refractivity contribution is 0.102. The van der Waals surface area contributed by atoms with Crippen LogP contribution in [0, 0.1) is 0 Å². The van der Waals surface area contributed by atoms with Gasteiger partial charge in [-0.15, -0.1) is 11.3 Å². The summed E-state index contributed by atoms with van der Waals surface area (Å²) in [5, 5.41) is 7.46. The quantitative estimate of drug-likeness (QED) is 0.596. The summed E-state index contributed by atoms with van der Waals surface area (Å²) in [5.41, 5.74) is 2.16. The van der Waals surface area contributed by atoms with Crippen molar-refractivity contribution in [1.82, 2.24) is 9.97 Å². The molecule has 0 aliphatic rings. The van der Waals surface area contributed by atoms with E-state index >= 15 is 0 Å². The van der Waals surface area contributed by atoms with Gasteiger partial charge in [0, 0.05) is 17.1 Å². The molecule has 2 heterocycles. The van der Waals surface area contributed by atoms with Crippen molar-refractivity contribution in [3.63, 3.8) is 0 Å². The summed E-state index contributed by atoms with van der Waals surface area (Å²) in [6.07, 6.45) is 1.72. The molecule has 0 bridgehead atoms. The Hall–Kier alpha value is -3.05. The molecule has 0 unspecified atom stereocenters. The van der Waals surface area contributed by atoms with Gasteiger partial charge in [0.25, 0.3) is 5.91 Å². The van der Waals surface area contributed by atoms with Gasteiger partial charge in [-0.1, -0.05) is 36.4 Å². The Labute approximate surface area is 142 Å². The number of thiazole rings is 1. The number of hydrogen-bond acceptors (Lipinski definition) is 4. The van der Waals surface area contributed by atoms with Crippen molar-refractivity contribution >= 4 is 33.1 Å². The first-order valence-electron chi connectivity index (χ1n) is 7.47. The molecule has 24 heavy (non-hydrogen) atoms. The minimum Gasteiger partial charge on any atom is -0.298 e. The van der Waals surface area contributed by atoms with Crippen molar-refractivity contribution in [1.29, 1.82) is 0 Å². The molecule has 0 fully saturated rings. The molecule has 2 aromatic heterocycles. The summed E-state index contributed by atoms with van der Waals surface area (Å²) in [6.45, 7) is 0. The van der Waals surface area contributed by atoms with Crippen molar-refractivity contribution in [2.45, 2.75) is 0 Å². The number of amides is 1. The average molecular weight is 331 g/mol. The van der Waals surface area contributed by atoms with Crippen LogP contribution in [0.5, 0.6) is 0 Å². The summed E-state index contributed by atoms with van der Waals surface area (Å²) >= 11 is 1.39. The largest absolute Gasteiger partial charge is 0.298 e. The SMILES string of the molecule is O=C(Nc1nc(-c2ccccn2)cs1)c1ccc2ccccc2c1. The van der Waals surface area contributed by atoms with Gasteiger partial charge in [-0.25, -0.2) is 4.98 Å². The van der Waals surface area contributed by atoms with Crippen molar-refractivity contribution in [2.75, 3.05) is 5.32 Å². The second-order valence-electron chi connectivity index (χ2n) is 5.27. The van der Waals surface area contributed by atoms with Gasteiger partial charge in [0.2, 0.25) is 0 Å². The fraction of sp³-hybridized carbons (Fsp3) is 0. The van der Waals surface area contributed by atoms with Crippen LogP contribution in [0.4, 0.5) is 5.13 Å². The first-order chi connectivity index (χ1) is 11.8. The Kier molecular flexibility index (Phi) is 3.76. The predicted molar refractivity (Wildman–Crippen MR) is 97.2 cm³/mol. The molecular weight excluding hydrogens is 318 g/mol. The van der Waals surface area contributed by atoms with Gasteiger partial charge in [0.1, 0.15) is 5.69 Å². The Morgan fingerprint density at radius 1 is 0.917 bits per heavy atom. The number of pyridine rings is 1. The van der Waals surface area contributed by atoms with E-state index in [4.69, 9.17) is 0 Å². The molecule has 0 spiro atoms. The molecule has 0 saturated carbocycles. The lowest BCUT2D eigenvalue weighted by atomic mass is 10.1. The Balaban J connectivity index is 1.56. The number of hydrogen-bond donors (Lipinski definition) is 1. The molecule has 0 radical (unpaired) electrons. The predicted octanol–water partition coefficient (Wildman–Crippen LogP) is 4.61. The highest BCUT2D eigenvalue weighted by molar-refractivity contribution is 7.14. The first-order valence-corrected chi connectivity index (χ1v) is 8.35. The lowest BCUT2D eigenvalue weighted by Gasteiger charge is -2.03. The monoisotopic (exact) mass is 331 g/mol. The van der Waals surface area contributed by atoms with Crippen molar-refractivity contribution in [3.8, 4) is 11.4 Å². The van der Waals surface area contributed by atoms with E-state index in [2.05, 4.69) is 15.3 Å². The molecule has 4 rings (SSSR count). The van der Waals surface area contributed by atoms with Crippen LogP contribution in [0.2, 0.25) is 0 Å². The number of carbonyl (C=O) groups is 1. The van der Waals surface area contributed by atoms with Crippen LogP contribution in [-0.4, -0.2) is 15.9 Å². The third kappa shape index (κ3) is 2.89. The maximum absolute atomic E-state index is 12.4. The van der Waals surface area contributed by atoms with E-state index in [0.29, 0.717) is 10.7 Å². The van der Waals surface area contributed by atoms with E-state index in [1.54, 1.807) is 6.20 Å². The van der Waals surface area contributed by atoms with Crippen LogP contribution in [0.25, 0.3) is 22.2 Å². The maximum Gasteiger partial charge on any atom is 0.257 e. The van der Waals surface area contributed by atoms with Gasteiger partial charge in [0.05, 0.1) is 5.69 Å². The third-order valence-electron chi connectivity index (χ3n) is 3.66. The smallest absolute Gasteiger partial charge is 0.257 e. The normalized spacial score (nSPS) is 10.7. The molecule has 4 nitrogen and oxygen atoms in total.